The normalized spacial score (nSPS) is 13.2. The summed E-state index contributed by atoms with van der Waals surface area (Å²) in [5.41, 5.74) is 0. The lowest BCUT2D eigenvalue weighted by atomic mass is 10.3. The van der Waals surface area contributed by atoms with Crippen molar-refractivity contribution in [2.75, 3.05) is 13.2 Å². The Labute approximate surface area is 78.2 Å². The molecule has 0 radical (unpaired) electrons. The van der Waals surface area contributed by atoms with Gasteiger partial charge >= 0.3 is 0 Å². The van der Waals surface area contributed by atoms with Crippen LogP contribution in [0.5, 0.6) is 0 Å². The molecule has 1 rings (SSSR count). The fourth-order valence-corrected chi connectivity index (χ4v) is 1.13. The van der Waals surface area contributed by atoms with Crippen LogP contribution in [-0.4, -0.2) is 34.0 Å². The van der Waals surface area contributed by atoms with Gasteiger partial charge in [-0.2, -0.15) is 0 Å². The van der Waals surface area contributed by atoms with Gasteiger partial charge in [-0.3, -0.25) is 0 Å². The van der Waals surface area contributed by atoms with E-state index in [4.69, 9.17) is 4.74 Å². The molecule has 1 unspecified atom stereocenters. The zero-order valence-electron chi connectivity index (χ0n) is 8.10. The van der Waals surface area contributed by atoms with Gasteiger partial charge in [0.05, 0.1) is 19.3 Å². The molecule has 4 heteroatoms. The smallest absolute Gasteiger partial charge is 0.105 e. The third-order valence-corrected chi connectivity index (χ3v) is 1.85. The van der Waals surface area contributed by atoms with Gasteiger partial charge < -0.3 is 14.4 Å². The molecule has 1 atom stereocenters. The Morgan fingerprint density at radius 1 is 1.69 bits per heavy atom. The number of imidazole rings is 1. The molecule has 0 saturated carbocycles. The maximum absolute atomic E-state index is 9.50. The lowest BCUT2D eigenvalue weighted by Gasteiger charge is -2.11. The SMILES string of the molecule is CCOCC(O)Cn1ccnc1C. The first-order chi connectivity index (χ1) is 6.24. The number of ether oxygens (including phenoxy) is 1. The van der Waals surface area contributed by atoms with Gasteiger partial charge in [-0.1, -0.05) is 0 Å². The van der Waals surface area contributed by atoms with E-state index in [9.17, 15) is 5.11 Å². The van der Waals surface area contributed by atoms with Gasteiger partial charge in [-0.15, -0.1) is 0 Å². The van der Waals surface area contributed by atoms with E-state index in [0.29, 0.717) is 19.8 Å². The largest absolute Gasteiger partial charge is 0.389 e. The van der Waals surface area contributed by atoms with E-state index in [2.05, 4.69) is 4.98 Å². The highest BCUT2D eigenvalue weighted by atomic mass is 16.5. The molecule has 74 valence electrons. The van der Waals surface area contributed by atoms with Crippen molar-refractivity contribution >= 4 is 0 Å². The van der Waals surface area contributed by atoms with Crippen LogP contribution in [0.3, 0.4) is 0 Å². The number of aromatic nitrogens is 2. The molecule has 0 aliphatic heterocycles. The van der Waals surface area contributed by atoms with Crippen LogP contribution in [0.1, 0.15) is 12.7 Å². The van der Waals surface area contributed by atoms with Gasteiger partial charge in [0.2, 0.25) is 0 Å². The van der Waals surface area contributed by atoms with Crippen molar-refractivity contribution in [3.63, 3.8) is 0 Å². The topological polar surface area (TPSA) is 47.3 Å². The Bertz CT molecular complexity index is 248. The van der Waals surface area contributed by atoms with E-state index in [1.165, 1.54) is 0 Å². The number of aliphatic hydroxyl groups is 1. The van der Waals surface area contributed by atoms with E-state index in [1.807, 2.05) is 24.6 Å². The monoisotopic (exact) mass is 184 g/mol. The van der Waals surface area contributed by atoms with Crippen molar-refractivity contribution in [2.24, 2.45) is 0 Å². The predicted octanol–water partition coefficient (Wildman–Crippen LogP) is 0.589. The van der Waals surface area contributed by atoms with Crippen molar-refractivity contribution in [2.45, 2.75) is 26.5 Å². The van der Waals surface area contributed by atoms with E-state index in [-0.39, 0.29) is 0 Å². The second-order valence-electron chi connectivity index (χ2n) is 2.94. The molecule has 0 aromatic carbocycles. The standard InChI is InChI=1S/C9H16N2O2/c1-3-13-7-9(12)6-11-5-4-10-8(11)2/h4-5,9,12H,3,6-7H2,1-2H3. The van der Waals surface area contributed by atoms with Crippen LogP contribution in [0.25, 0.3) is 0 Å². The minimum absolute atomic E-state index is 0.383. The molecular formula is C9H16N2O2. The quantitative estimate of drug-likeness (QED) is 0.728. The van der Waals surface area contributed by atoms with Crippen LogP contribution in [0.2, 0.25) is 0 Å². The van der Waals surface area contributed by atoms with E-state index < -0.39 is 6.10 Å². The van der Waals surface area contributed by atoms with E-state index >= 15 is 0 Å². The molecule has 0 aliphatic rings. The number of aliphatic hydroxyl groups excluding tert-OH is 1. The van der Waals surface area contributed by atoms with Crippen molar-refractivity contribution < 1.29 is 9.84 Å². The molecule has 4 nitrogen and oxygen atoms in total. The van der Waals surface area contributed by atoms with Crippen LogP contribution < -0.4 is 0 Å². The molecule has 0 spiro atoms. The van der Waals surface area contributed by atoms with Crippen LogP contribution >= 0.6 is 0 Å². The summed E-state index contributed by atoms with van der Waals surface area (Å²) < 4.78 is 7.01. The summed E-state index contributed by atoms with van der Waals surface area (Å²) in [5.74, 6) is 0.913. The molecule has 1 heterocycles. The molecule has 0 aliphatic carbocycles. The molecule has 0 bridgehead atoms. The van der Waals surface area contributed by atoms with E-state index in [1.54, 1.807) is 6.20 Å². The Morgan fingerprint density at radius 2 is 2.46 bits per heavy atom. The van der Waals surface area contributed by atoms with Gasteiger partial charge in [-0.05, 0) is 13.8 Å². The van der Waals surface area contributed by atoms with Gasteiger partial charge in [0.1, 0.15) is 5.82 Å². The van der Waals surface area contributed by atoms with E-state index in [0.717, 1.165) is 5.82 Å². The number of hydrogen-bond acceptors (Lipinski definition) is 3. The summed E-state index contributed by atoms with van der Waals surface area (Å²) >= 11 is 0. The highest BCUT2D eigenvalue weighted by molar-refractivity contribution is 4.88. The molecule has 13 heavy (non-hydrogen) atoms. The average molecular weight is 184 g/mol. The molecule has 1 aromatic heterocycles. The summed E-state index contributed by atoms with van der Waals surface area (Å²) in [6.07, 6.45) is 3.13. The summed E-state index contributed by atoms with van der Waals surface area (Å²) in [6.45, 7) is 5.39. The van der Waals surface area contributed by atoms with Gasteiger partial charge in [0, 0.05) is 19.0 Å². The van der Waals surface area contributed by atoms with Crippen LogP contribution in [0.15, 0.2) is 12.4 Å². The highest BCUT2D eigenvalue weighted by Gasteiger charge is 2.05. The summed E-state index contributed by atoms with van der Waals surface area (Å²) in [6, 6.07) is 0. The van der Waals surface area contributed by atoms with Crippen molar-refractivity contribution in [1.29, 1.82) is 0 Å². The molecule has 0 fully saturated rings. The Hall–Kier alpha value is -0.870. The second-order valence-corrected chi connectivity index (χ2v) is 2.94. The van der Waals surface area contributed by atoms with Crippen LogP contribution in [0, 0.1) is 6.92 Å². The zero-order chi connectivity index (χ0) is 9.68. The lowest BCUT2D eigenvalue weighted by Crippen LogP contribution is -2.22. The summed E-state index contributed by atoms with van der Waals surface area (Å²) in [5, 5.41) is 9.50. The molecule has 0 amide bonds. The zero-order valence-corrected chi connectivity index (χ0v) is 8.10. The Balaban J connectivity index is 2.36. The lowest BCUT2D eigenvalue weighted by molar-refractivity contribution is 0.0332. The Kier molecular flexibility index (Phi) is 3.92. The number of hydrogen-bond donors (Lipinski definition) is 1. The average Bonchev–Trinajstić information content (AvgIpc) is 2.48. The maximum atomic E-state index is 9.50. The highest BCUT2D eigenvalue weighted by Crippen LogP contribution is 1.98. The fraction of sp³-hybridized carbons (Fsp3) is 0.667. The third-order valence-electron chi connectivity index (χ3n) is 1.85. The summed E-state index contributed by atoms with van der Waals surface area (Å²) in [7, 11) is 0. The first-order valence-corrected chi connectivity index (χ1v) is 4.47. The van der Waals surface area contributed by atoms with Gasteiger partial charge in [0.25, 0.3) is 0 Å². The summed E-state index contributed by atoms with van der Waals surface area (Å²) in [4.78, 5) is 4.06. The minimum Gasteiger partial charge on any atom is -0.389 e. The van der Waals surface area contributed by atoms with Gasteiger partial charge in [0.15, 0.2) is 0 Å². The van der Waals surface area contributed by atoms with Crippen molar-refractivity contribution in [1.82, 2.24) is 9.55 Å². The molecule has 1 aromatic rings. The number of aryl methyl sites for hydroxylation is 1. The molecular weight excluding hydrogens is 168 g/mol. The number of rotatable bonds is 5. The maximum Gasteiger partial charge on any atom is 0.105 e. The Morgan fingerprint density at radius 3 is 3.00 bits per heavy atom. The second kappa shape index (κ2) is 4.99. The van der Waals surface area contributed by atoms with Crippen molar-refractivity contribution in [3.05, 3.63) is 18.2 Å². The number of nitrogens with zero attached hydrogens (tertiary/aromatic N) is 2. The van der Waals surface area contributed by atoms with Crippen LogP contribution in [0.4, 0.5) is 0 Å². The minimum atomic E-state index is -0.451. The predicted molar refractivity (Wildman–Crippen MR) is 49.5 cm³/mol. The first kappa shape index (κ1) is 10.2. The fourth-order valence-electron chi connectivity index (χ4n) is 1.13. The van der Waals surface area contributed by atoms with Gasteiger partial charge in [-0.25, -0.2) is 4.98 Å². The van der Waals surface area contributed by atoms with Crippen molar-refractivity contribution in [3.8, 4) is 0 Å². The third kappa shape index (κ3) is 3.16. The molecule has 0 saturated heterocycles. The first-order valence-electron chi connectivity index (χ1n) is 4.47. The van der Waals surface area contributed by atoms with Crippen LogP contribution in [-0.2, 0) is 11.3 Å². The molecule has 1 N–H and O–H groups in total.